The molecule has 0 saturated heterocycles. The van der Waals surface area contributed by atoms with Crippen molar-refractivity contribution < 1.29 is 9.53 Å². The molecule has 0 unspecified atom stereocenters. The molecule has 0 saturated carbocycles. The molecule has 0 radical (unpaired) electrons. The van der Waals surface area contributed by atoms with Crippen molar-refractivity contribution in [2.75, 3.05) is 0 Å². The maximum absolute atomic E-state index is 11.3. The van der Waals surface area contributed by atoms with E-state index in [1.54, 1.807) is 12.1 Å². The van der Waals surface area contributed by atoms with Crippen LogP contribution in [0.4, 0.5) is 4.79 Å². The van der Waals surface area contributed by atoms with Crippen LogP contribution >= 0.6 is 0 Å². The van der Waals surface area contributed by atoms with E-state index in [9.17, 15) is 4.79 Å². The molecule has 1 amide bonds. The third-order valence-electron chi connectivity index (χ3n) is 1.94. The van der Waals surface area contributed by atoms with Crippen LogP contribution in [0.1, 0.15) is 26.3 Å². The Morgan fingerprint density at radius 1 is 1.44 bits per heavy atom. The Kier molecular flexibility index (Phi) is 4.11. The number of carbonyl (C=O) groups excluding carboxylic acids is 1. The summed E-state index contributed by atoms with van der Waals surface area (Å²) in [5.74, 6) is 0.527. The minimum absolute atomic E-state index is 0.0665. The van der Waals surface area contributed by atoms with Crippen LogP contribution in [0.2, 0.25) is 0 Å². The van der Waals surface area contributed by atoms with Crippen molar-refractivity contribution in [3.63, 3.8) is 0 Å². The van der Waals surface area contributed by atoms with Gasteiger partial charge in [0.1, 0.15) is 5.75 Å². The van der Waals surface area contributed by atoms with Gasteiger partial charge < -0.3 is 10.1 Å². The van der Waals surface area contributed by atoms with Crippen LogP contribution in [-0.2, 0) is 0 Å². The molecular formula is C13H17NO2. The zero-order valence-corrected chi connectivity index (χ0v) is 9.91. The molecule has 0 aliphatic carbocycles. The number of allylic oxidation sites excluding steroid dienone is 1. The third kappa shape index (κ3) is 3.77. The van der Waals surface area contributed by atoms with Gasteiger partial charge in [0.15, 0.2) is 0 Å². The summed E-state index contributed by atoms with van der Waals surface area (Å²) in [6, 6.07) is 7.36. The molecule has 16 heavy (non-hydrogen) atoms. The molecule has 3 heteroatoms. The number of hydrogen-bond donors (Lipinski definition) is 1. The van der Waals surface area contributed by atoms with Gasteiger partial charge in [-0.3, -0.25) is 0 Å². The lowest BCUT2D eigenvalue weighted by molar-refractivity contribution is 0.197. The second-order valence-electron chi connectivity index (χ2n) is 4.00. The lowest BCUT2D eigenvalue weighted by Gasteiger charge is -2.09. The maximum atomic E-state index is 11.3. The van der Waals surface area contributed by atoms with Gasteiger partial charge in [0.2, 0.25) is 0 Å². The highest BCUT2D eigenvalue weighted by Gasteiger charge is 2.06. The van der Waals surface area contributed by atoms with Gasteiger partial charge >= 0.3 is 6.09 Å². The lowest BCUT2D eigenvalue weighted by atomic mass is 10.1. The number of benzene rings is 1. The van der Waals surface area contributed by atoms with E-state index in [4.69, 9.17) is 4.74 Å². The van der Waals surface area contributed by atoms with Crippen molar-refractivity contribution in [1.82, 2.24) is 5.32 Å². The Labute approximate surface area is 96.1 Å². The Hall–Kier alpha value is -1.77. The largest absolute Gasteiger partial charge is 0.412 e. The highest BCUT2D eigenvalue weighted by atomic mass is 16.6. The monoisotopic (exact) mass is 219 g/mol. The first-order valence-electron chi connectivity index (χ1n) is 5.23. The molecule has 0 fully saturated rings. The highest BCUT2D eigenvalue weighted by molar-refractivity contribution is 5.71. The van der Waals surface area contributed by atoms with Gasteiger partial charge in [-0.05, 0) is 38.5 Å². The summed E-state index contributed by atoms with van der Waals surface area (Å²) < 4.78 is 5.12. The van der Waals surface area contributed by atoms with Gasteiger partial charge in [0, 0.05) is 6.04 Å². The van der Waals surface area contributed by atoms with Gasteiger partial charge in [-0.25, -0.2) is 4.79 Å². The van der Waals surface area contributed by atoms with E-state index < -0.39 is 6.09 Å². The number of rotatable bonds is 3. The van der Waals surface area contributed by atoms with E-state index in [1.807, 2.05) is 32.9 Å². The van der Waals surface area contributed by atoms with Gasteiger partial charge in [-0.15, -0.1) is 0 Å². The minimum atomic E-state index is -0.436. The molecule has 0 aliphatic rings. The molecule has 0 aromatic heterocycles. The summed E-state index contributed by atoms with van der Waals surface area (Å²) in [5.41, 5.74) is 1.91. The smallest absolute Gasteiger partial charge is 0.410 e. The fraction of sp³-hybridized carbons (Fsp3) is 0.308. The molecule has 0 heterocycles. The minimum Gasteiger partial charge on any atom is -0.410 e. The van der Waals surface area contributed by atoms with Gasteiger partial charge in [-0.2, -0.15) is 0 Å². The summed E-state index contributed by atoms with van der Waals surface area (Å²) in [4.78, 5) is 11.3. The van der Waals surface area contributed by atoms with Crippen molar-refractivity contribution in [3.8, 4) is 5.75 Å². The molecule has 86 valence electrons. The normalized spacial score (nSPS) is 10.0. The van der Waals surface area contributed by atoms with Gasteiger partial charge in [0.05, 0.1) is 0 Å². The number of hydrogen-bond acceptors (Lipinski definition) is 2. The van der Waals surface area contributed by atoms with E-state index in [0.717, 1.165) is 11.1 Å². The number of ether oxygens (including phenoxy) is 1. The molecule has 1 N–H and O–H groups in total. The second-order valence-corrected chi connectivity index (χ2v) is 4.00. The fourth-order valence-corrected chi connectivity index (χ4v) is 1.20. The number of amides is 1. The fourth-order valence-electron chi connectivity index (χ4n) is 1.20. The average molecular weight is 219 g/mol. The molecular weight excluding hydrogens is 202 g/mol. The zero-order valence-electron chi connectivity index (χ0n) is 9.91. The molecule has 0 bridgehead atoms. The first-order valence-corrected chi connectivity index (χ1v) is 5.23. The standard InChI is InChI=1S/C13H17NO2/c1-9(2)11-6-5-7-12(8-11)16-13(15)14-10(3)4/h5-8,10H,1H2,2-4H3,(H,14,15). The van der Waals surface area contributed by atoms with Crippen LogP contribution in [0.3, 0.4) is 0 Å². The van der Waals surface area contributed by atoms with E-state index in [1.165, 1.54) is 0 Å². The number of carbonyl (C=O) groups is 1. The average Bonchev–Trinajstić information content (AvgIpc) is 2.16. The molecule has 3 nitrogen and oxygen atoms in total. The first kappa shape index (κ1) is 12.3. The van der Waals surface area contributed by atoms with Crippen molar-refractivity contribution >= 4 is 11.7 Å². The van der Waals surface area contributed by atoms with Crippen LogP contribution in [0.15, 0.2) is 30.8 Å². The van der Waals surface area contributed by atoms with Gasteiger partial charge in [-0.1, -0.05) is 24.3 Å². The van der Waals surface area contributed by atoms with E-state index in [-0.39, 0.29) is 6.04 Å². The lowest BCUT2D eigenvalue weighted by Crippen LogP contribution is -2.32. The van der Waals surface area contributed by atoms with Crippen LogP contribution in [0, 0.1) is 0 Å². The molecule has 0 atom stereocenters. The van der Waals surface area contributed by atoms with Crippen molar-refractivity contribution in [1.29, 1.82) is 0 Å². The maximum Gasteiger partial charge on any atom is 0.412 e. The quantitative estimate of drug-likeness (QED) is 0.847. The third-order valence-corrected chi connectivity index (χ3v) is 1.94. The summed E-state index contributed by atoms with van der Waals surface area (Å²) in [5, 5.41) is 2.66. The molecule has 1 aromatic rings. The van der Waals surface area contributed by atoms with Crippen LogP contribution < -0.4 is 10.1 Å². The molecule has 1 rings (SSSR count). The zero-order chi connectivity index (χ0) is 12.1. The van der Waals surface area contributed by atoms with E-state index >= 15 is 0 Å². The Morgan fingerprint density at radius 3 is 2.69 bits per heavy atom. The SMILES string of the molecule is C=C(C)c1cccc(OC(=O)NC(C)C)c1. The summed E-state index contributed by atoms with van der Waals surface area (Å²) in [6.45, 7) is 9.51. The van der Waals surface area contributed by atoms with Crippen LogP contribution in [-0.4, -0.2) is 12.1 Å². The Bertz CT molecular complexity index is 397. The summed E-state index contributed by atoms with van der Waals surface area (Å²) in [6.07, 6.45) is -0.436. The molecule has 0 spiro atoms. The molecule has 1 aromatic carbocycles. The first-order chi connectivity index (χ1) is 7.49. The van der Waals surface area contributed by atoms with Crippen molar-refractivity contribution in [2.24, 2.45) is 0 Å². The molecule has 0 aliphatic heterocycles. The van der Waals surface area contributed by atoms with Crippen LogP contribution in [0.25, 0.3) is 5.57 Å². The topological polar surface area (TPSA) is 38.3 Å². The Balaban J connectivity index is 2.70. The Morgan fingerprint density at radius 2 is 2.12 bits per heavy atom. The predicted molar refractivity (Wildman–Crippen MR) is 65.4 cm³/mol. The van der Waals surface area contributed by atoms with Crippen LogP contribution in [0.5, 0.6) is 5.75 Å². The number of nitrogens with one attached hydrogen (secondary N) is 1. The second kappa shape index (κ2) is 5.35. The van der Waals surface area contributed by atoms with Crippen molar-refractivity contribution in [3.05, 3.63) is 36.4 Å². The summed E-state index contributed by atoms with van der Waals surface area (Å²) >= 11 is 0. The van der Waals surface area contributed by atoms with E-state index in [0.29, 0.717) is 5.75 Å². The predicted octanol–water partition coefficient (Wildman–Crippen LogP) is 3.22. The van der Waals surface area contributed by atoms with E-state index in [2.05, 4.69) is 11.9 Å². The van der Waals surface area contributed by atoms with Crippen molar-refractivity contribution in [2.45, 2.75) is 26.8 Å². The summed E-state index contributed by atoms with van der Waals surface area (Å²) in [7, 11) is 0. The van der Waals surface area contributed by atoms with Gasteiger partial charge in [0.25, 0.3) is 0 Å². The highest BCUT2D eigenvalue weighted by Crippen LogP contribution is 2.18.